The molecule has 0 spiro atoms. The average molecular weight is 333 g/mol. The van der Waals surface area contributed by atoms with Crippen molar-refractivity contribution in [2.75, 3.05) is 0 Å². The van der Waals surface area contributed by atoms with Gasteiger partial charge in [0.25, 0.3) is 0 Å². The third-order valence-corrected chi connectivity index (χ3v) is 3.60. The zero-order valence-corrected chi connectivity index (χ0v) is 14.2. The molecule has 1 aromatic carbocycles. The molecule has 0 radical (unpaired) electrons. The monoisotopic (exact) mass is 331 g/mol. The smallest absolute Gasteiger partial charge is 0.0451 e. The molecule has 0 bridgehead atoms. The van der Waals surface area contributed by atoms with Gasteiger partial charge < -0.3 is 5.32 Å². The first-order valence-corrected chi connectivity index (χ1v) is 7.45. The fourth-order valence-corrected chi connectivity index (χ4v) is 2.99. The number of benzene rings is 1. The minimum absolute atomic E-state index is 0.101. The van der Waals surface area contributed by atoms with Gasteiger partial charge in [0.2, 0.25) is 0 Å². The minimum Gasteiger partial charge on any atom is -0.308 e. The first-order chi connectivity index (χ1) is 8.09. The van der Waals surface area contributed by atoms with E-state index in [9.17, 15) is 0 Å². The lowest BCUT2D eigenvalue weighted by Gasteiger charge is -2.33. The molecule has 18 heavy (non-hydrogen) atoms. The summed E-state index contributed by atoms with van der Waals surface area (Å²) in [6.07, 6.45) is 1.12. The Hall–Kier alpha value is -0.0500. The Morgan fingerprint density at radius 1 is 1.17 bits per heavy atom. The molecule has 1 aromatic rings. The van der Waals surface area contributed by atoms with Crippen molar-refractivity contribution in [1.29, 1.82) is 0 Å². The molecule has 0 aliphatic carbocycles. The third kappa shape index (κ3) is 5.73. The van der Waals surface area contributed by atoms with Crippen molar-refractivity contribution >= 4 is 27.5 Å². The Bertz CT molecular complexity index is 407. The van der Waals surface area contributed by atoms with Crippen molar-refractivity contribution in [3.8, 4) is 0 Å². The summed E-state index contributed by atoms with van der Waals surface area (Å²) in [5.41, 5.74) is 1.55. The Labute approximate surface area is 124 Å². The second-order valence-corrected chi connectivity index (χ2v) is 8.03. The first kappa shape index (κ1) is 16.0. The number of halogens is 2. The molecule has 0 aliphatic heterocycles. The molecular formula is C15H23BrClN. The van der Waals surface area contributed by atoms with Crippen LogP contribution in [0.2, 0.25) is 5.02 Å². The maximum atomic E-state index is 6.20. The van der Waals surface area contributed by atoms with E-state index < -0.39 is 0 Å². The van der Waals surface area contributed by atoms with Gasteiger partial charge in [0.15, 0.2) is 0 Å². The van der Waals surface area contributed by atoms with E-state index in [2.05, 4.69) is 61.9 Å². The van der Waals surface area contributed by atoms with Crippen LogP contribution in [0.25, 0.3) is 0 Å². The Morgan fingerprint density at radius 3 is 2.33 bits per heavy atom. The van der Waals surface area contributed by atoms with Crippen LogP contribution < -0.4 is 5.32 Å². The van der Waals surface area contributed by atoms with Crippen LogP contribution in [0.4, 0.5) is 0 Å². The summed E-state index contributed by atoms with van der Waals surface area (Å²) in [5.74, 6) is 0. The Balaban J connectivity index is 2.67. The lowest BCUT2D eigenvalue weighted by atomic mass is 9.82. The maximum absolute atomic E-state index is 6.20. The van der Waals surface area contributed by atoms with Crippen LogP contribution in [-0.4, -0.2) is 5.54 Å². The highest BCUT2D eigenvalue weighted by Crippen LogP contribution is 2.28. The zero-order valence-electron chi connectivity index (χ0n) is 11.9. The summed E-state index contributed by atoms with van der Waals surface area (Å²) in [7, 11) is 0. The van der Waals surface area contributed by atoms with Crippen molar-refractivity contribution in [3.63, 3.8) is 0 Å². The molecule has 1 rings (SSSR count). The summed E-state index contributed by atoms with van der Waals surface area (Å²) >= 11 is 9.68. The highest BCUT2D eigenvalue weighted by molar-refractivity contribution is 9.10. The Kier molecular flexibility index (Phi) is 5.28. The van der Waals surface area contributed by atoms with Gasteiger partial charge >= 0.3 is 0 Å². The van der Waals surface area contributed by atoms with Gasteiger partial charge in [-0.3, -0.25) is 0 Å². The van der Waals surface area contributed by atoms with Crippen molar-refractivity contribution in [2.45, 2.75) is 53.1 Å². The molecule has 0 amide bonds. The number of hydrogen-bond acceptors (Lipinski definition) is 1. The van der Waals surface area contributed by atoms with E-state index in [1.54, 1.807) is 0 Å². The van der Waals surface area contributed by atoms with Crippen LogP contribution in [-0.2, 0) is 6.54 Å². The van der Waals surface area contributed by atoms with Crippen molar-refractivity contribution < 1.29 is 0 Å². The van der Waals surface area contributed by atoms with Crippen LogP contribution >= 0.6 is 27.5 Å². The normalized spacial score (nSPS) is 12.8. The number of hydrogen-bond donors (Lipinski definition) is 1. The number of rotatable bonds is 4. The SMILES string of the molecule is CC(C)(C)CC(C)(C)NCc1cc(Br)ccc1Cl. The fraction of sp³-hybridized carbons (Fsp3) is 0.600. The first-order valence-electron chi connectivity index (χ1n) is 6.28. The lowest BCUT2D eigenvalue weighted by Crippen LogP contribution is -2.41. The highest BCUT2D eigenvalue weighted by atomic mass is 79.9. The summed E-state index contributed by atoms with van der Waals surface area (Å²) in [5, 5.41) is 4.41. The highest BCUT2D eigenvalue weighted by Gasteiger charge is 2.24. The van der Waals surface area contributed by atoms with Crippen LogP contribution in [0.3, 0.4) is 0 Å². The molecular weight excluding hydrogens is 310 g/mol. The molecule has 0 saturated carbocycles. The molecule has 1 nitrogen and oxygen atoms in total. The van der Waals surface area contributed by atoms with E-state index in [0.29, 0.717) is 5.41 Å². The van der Waals surface area contributed by atoms with Gasteiger partial charge in [0.1, 0.15) is 0 Å². The molecule has 0 fully saturated rings. The van der Waals surface area contributed by atoms with E-state index in [0.717, 1.165) is 28.0 Å². The van der Waals surface area contributed by atoms with E-state index in [1.807, 2.05) is 12.1 Å². The summed E-state index contributed by atoms with van der Waals surface area (Å²) in [6.45, 7) is 12.1. The third-order valence-electron chi connectivity index (χ3n) is 2.74. The molecule has 0 aliphatic rings. The molecule has 102 valence electrons. The van der Waals surface area contributed by atoms with Crippen molar-refractivity contribution in [2.24, 2.45) is 5.41 Å². The van der Waals surface area contributed by atoms with E-state index in [-0.39, 0.29) is 5.54 Å². The molecule has 1 N–H and O–H groups in total. The van der Waals surface area contributed by atoms with Crippen molar-refractivity contribution in [3.05, 3.63) is 33.3 Å². The standard InChI is InChI=1S/C15H23BrClN/c1-14(2,3)10-15(4,5)18-9-11-8-12(16)6-7-13(11)17/h6-8,18H,9-10H2,1-5H3. The van der Waals surface area contributed by atoms with Gasteiger partial charge in [-0.1, -0.05) is 48.3 Å². The average Bonchev–Trinajstić information content (AvgIpc) is 2.16. The van der Waals surface area contributed by atoms with Crippen LogP contribution in [0.5, 0.6) is 0 Å². The molecule has 0 atom stereocenters. The van der Waals surface area contributed by atoms with Gasteiger partial charge in [-0.15, -0.1) is 0 Å². The minimum atomic E-state index is 0.101. The summed E-state index contributed by atoms with van der Waals surface area (Å²) < 4.78 is 1.07. The predicted molar refractivity (Wildman–Crippen MR) is 84.1 cm³/mol. The molecule has 0 aromatic heterocycles. The molecule has 3 heteroatoms. The van der Waals surface area contributed by atoms with Crippen molar-refractivity contribution in [1.82, 2.24) is 5.32 Å². The maximum Gasteiger partial charge on any atom is 0.0451 e. The second kappa shape index (κ2) is 5.94. The predicted octanol–water partition coefficient (Wildman–Crippen LogP) is 5.41. The fourth-order valence-electron chi connectivity index (χ4n) is 2.40. The summed E-state index contributed by atoms with van der Waals surface area (Å²) in [4.78, 5) is 0. The van der Waals surface area contributed by atoms with Gasteiger partial charge in [-0.05, 0) is 49.4 Å². The topological polar surface area (TPSA) is 12.0 Å². The lowest BCUT2D eigenvalue weighted by molar-refractivity contribution is 0.241. The van der Waals surface area contributed by atoms with Crippen LogP contribution in [0.15, 0.2) is 22.7 Å². The summed E-state index contributed by atoms with van der Waals surface area (Å²) in [6, 6.07) is 5.97. The zero-order chi connectivity index (χ0) is 14.0. The molecule has 0 saturated heterocycles. The van der Waals surface area contributed by atoms with Crippen LogP contribution in [0.1, 0.15) is 46.6 Å². The largest absolute Gasteiger partial charge is 0.308 e. The van der Waals surface area contributed by atoms with E-state index in [1.165, 1.54) is 0 Å². The second-order valence-electron chi connectivity index (χ2n) is 6.71. The molecule has 0 unspecified atom stereocenters. The van der Waals surface area contributed by atoms with Crippen LogP contribution in [0, 0.1) is 5.41 Å². The quantitative estimate of drug-likeness (QED) is 0.777. The van der Waals surface area contributed by atoms with Gasteiger partial charge in [-0.25, -0.2) is 0 Å². The van der Waals surface area contributed by atoms with Gasteiger partial charge in [0.05, 0.1) is 0 Å². The van der Waals surface area contributed by atoms with E-state index in [4.69, 9.17) is 11.6 Å². The number of nitrogens with one attached hydrogen (secondary N) is 1. The van der Waals surface area contributed by atoms with Gasteiger partial charge in [0, 0.05) is 21.6 Å². The Morgan fingerprint density at radius 2 is 1.78 bits per heavy atom. The van der Waals surface area contributed by atoms with E-state index >= 15 is 0 Å². The molecule has 0 heterocycles. The van der Waals surface area contributed by atoms with Gasteiger partial charge in [-0.2, -0.15) is 0 Å².